The van der Waals surface area contributed by atoms with Gasteiger partial charge in [-0.3, -0.25) is 4.90 Å². The van der Waals surface area contributed by atoms with Gasteiger partial charge in [-0.15, -0.1) is 0 Å². The molecule has 0 unspecified atom stereocenters. The van der Waals surface area contributed by atoms with E-state index in [0.29, 0.717) is 0 Å². The molecule has 0 saturated carbocycles. The smallest absolute Gasteiger partial charge is 0.0639 e. The van der Waals surface area contributed by atoms with Crippen LogP contribution in [-0.4, -0.2) is 37.6 Å². The predicted octanol–water partition coefficient (Wildman–Crippen LogP) is 3.08. The number of hydrogen-bond acceptors (Lipinski definition) is 2. The van der Waals surface area contributed by atoms with Gasteiger partial charge in [0.05, 0.1) is 10.7 Å². The fourth-order valence-electron chi connectivity index (χ4n) is 2.26. The van der Waals surface area contributed by atoms with E-state index in [-0.39, 0.29) is 0 Å². The fraction of sp³-hybridized carbons (Fsp3) is 0.500. The second kappa shape index (κ2) is 6.27. The quantitative estimate of drug-likeness (QED) is 0.812. The molecule has 2 rings (SSSR count). The Bertz CT molecular complexity index is 346. The maximum atomic E-state index is 6.21. The maximum Gasteiger partial charge on any atom is 0.0639 e. The first-order chi connectivity index (χ1) is 8.31. The largest absolute Gasteiger partial charge is 0.368 e. The number of piperazine rings is 1. The minimum absolute atomic E-state index is 0.860. The van der Waals surface area contributed by atoms with Crippen LogP contribution in [0.1, 0.15) is 12.8 Å². The van der Waals surface area contributed by atoms with Crippen molar-refractivity contribution in [3.05, 3.63) is 36.2 Å². The van der Waals surface area contributed by atoms with Crippen molar-refractivity contribution in [2.75, 3.05) is 37.6 Å². The normalized spacial score (nSPS) is 17.4. The van der Waals surface area contributed by atoms with Crippen molar-refractivity contribution < 1.29 is 0 Å². The highest BCUT2D eigenvalue weighted by Gasteiger charge is 2.17. The van der Waals surface area contributed by atoms with Crippen LogP contribution in [0.5, 0.6) is 0 Å². The van der Waals surface area contributed by atoms with E-state index >= 15 is 0 Å². The molecule has 1 aliphatic rings. The van der Waals surface area contributed by atoms with Crippen LogP contribution < -0.4 is 4.90 Å². The summed E-state index contributed by atoms with van der Waals surface area (Å²) < 4.78 is 0. The van der Waals surface area contributed by atoms with Crippen LogP contribution >= 0.6 is 11.6 Å². The van der Waals surface area contributed by atoms with Crippen LogP contribution in [0.25, 0.3) is 0 Å². The summed E-state index contributed by atoms with van der Waals surface area (Å²) in [7, 11) is 0. The van der Waals surface area contributed by atoms with Gasteiger partial charge in [0.2, 0.25) is 0 Å². The van der Waals surface area contributed by atoms with E-state index in [2.05, 4.69) is 28.9 Å². The Morgan fingerprint density at radius 2 is 1.82 bits per heavy atom. The lowest BCUT2D eigenvalue weighted by atomic mass is 10.2. The molecule has 0 spiro atoms. The number of para-hydroxylation sites is 1. The molecule has 1 heterocycles. The van der Waals surface area contributed by atoms with Crippen molar-refractivity contribution in [3.63, 3.8) is 0 Å². The zero-order chi connectivity index (χ0) is 12.1. The average Bonchev–Trinajstić information content (AvgIpc) is 2.38. The van der Waals surface area contributed by atoms with Crippen LogP contribution in [0.3, 0.4) is 0 Å². The molecule has 93 valence electrons. The highest BCUT2D eigenvalue weighted by atomic mass is 35.5. The highest BCUT2D eigenvalue weighted by molar-refractivity contribution is 6.33. The molecule has 1 radical (unpaired) electrons. The first kappa shape index (κ1) is 12.7. The summed E-state index contributed by atoms with van der Waals surface area (Å²) in [5.74, 6) is 0. The zero-order valence-electron chi connectivity index (χ0n) is 10.2. The third kappa shape index (κ3) is 3.36. The number of rotatable bonds is 4. The lowest BCUT2D eigenvalue weighted by molar-refractivity contribution is 0.255. The fourth-order valence-corrected chi connectivity index (χ4v) is 2.51. The van der Waals surface area contributed by atoms with Gasteiger partial charge in [0.15, 0.2) is 0 Å². The molecule has 0 aliphatic carbocycles. The molecule has 0 bridgehead atoms. The summed E-state index contributed by atoms with van der Waals surface area (Å²) in [6.45, 7) is 9.47. The van der Waals surface area contributed by atoms with Gasteiger partial charge in [0, 0.05) is 26.2 Å². The highest BCUT2D eigenvalue weighted by Crippen LogP contribution is 2.25. The van der Waals surface area contributed by atoms with Crippen LogP contribution in [0.15, 0.2) is 24.3 Å². The van der Waals surface area contributed by atoms with Gasteiger partial charge in [0.1, 0.15) is 0 Å². The topological polar surface area (TPSA) is 6.48 Å². The van der Waals surface area contributed by atoms with E-state index in [9.17, 15) is 0 Å². The van der Waals surface area contributed by atoms with E-state index in [1.54, 1.807) is 0 Å². The van der Waals surface area contributed by atoms with Gasteiger partial charge in [-0.05, 0) is 25.1 Å². The van der Waals surface area contributed by atoms with Crippen molar-refractivity contribution in [2.24, 2.45) is 0 Å². The summed E-state index contributed by atoms with van der Waals surface area (Å²) in [6.07, 6.45) is 2.23. The third-order valence-corrected chi connectivity index (χ3v) is 3.61. The van der Waals surface area contributed by atoms with Crippen LogP contribution in [0.2, 0.25) is 5.02 Å². The molecule has 1 saturated heterocycles. The Balaban J connectivity index is 1.89. The van der Waals surface area contributed by atoms with Gasteiger partial charge < -0.3 is 4.90 Å². The Kier molecular flexibility index (Phi) is 4.69. The predicted molar refractivity (Wildman–Crippen MR) is 74.7 cm³/mol. The van der Waals surface area contributed by atoms with E-state index in [4.69, 9.17) is 11.6 Å². The molecule has 0 N–H and O–H groups in total. The van der Waals surface area contributed by atoms with Crippen LogP contribution in [-0.2, 0) is 0 Å². The molecule has 17 heavy (non-hydrogen) atoms. The minimum Gasteiger partial charge on any atom is -0.368 e. The van der Waals surface area contributed by atoms with Gasteiger partial charge in [-0.2, -0.15) is 0 Å². The zero-order valence-corrected chi connectivity index (χ0v) is 11.0. The van der Waals surface area contributed by atoms with E-state index in [0.717, 1.165) is 37.6 Å². The summed E-state index contributed by atoms with van der Waals surface area (Å²) >= 11 is 6.21. The standard InChI is InChI=1S/C14H20ClN2/c1-2-3-8-16-9-11-17(12-10-16)14-7-5-4-6-13(14)15/h4-7H,1-3,8-12H2. The third-order valence-electron chi connectivity index (χ3n) is 3.29. The van der Waals surface area contributed by atoms with Crippen molar-refractivity contribution in [1.82, 2.24) is 4.90 Å². The number of unbranched alkanes of at least 4 members (excludes halogenated alkanes) is 1. The van der Waals surface area contributed by atoms with Crippen LogP contribution in [0.4, 0.5) is 5.69 Å². The molecule has 1 aromatic rings. The molecule has 2 nitrogen and oxygen atoms in total. The number of nitrogens with zero attached hydrogens (tertiary/aromatic N) is 2. The Morgan fingerprint density at radius 1 is 1.12 bits per heavy atom. The summed E-state index contributed by atoms with van der Waals surface area (Å²) in [6, 6.07) is 8.10. The van der Waals surface area contributed by atoms with Crippen molar-refractivity contribution in [2.45, 2.75) is 12.8 Å². The van der Waals surface area contributed by atoms with Crippen molar-refractivity contribution in [1.29, 1.82) is 0 Å². The Hall–Kier alpha value is -0.730. The second-order valence-corrected chi connectivity index (χ2v) is 4.89. The SMILES string of the molecule is [CH2]CCCN1CCN(c2ccccc2Cl)CC1. The number of hydrogen-bond donors (Lipinski definition) is 0. The lowest BCUT2D eigenvalue weighted by Crippen LogP contribution is -2.46. The number of halogens is 1. The summed E-state index contributed by atoms with van der Waals surface area (Å²) in [5.41, 5.74) is 1.17. The molecule has 1 aromatic carbocycles. The molecular weight excluding hydrogens is 232 g/mol. The molecule has 0 aromatic heterocycles. The van der Waals surface area contributed by atoms with Gasteiger partial charge in [0.25, 0.3) is 0 Å². The minimum atomic E-state index is 0.860. The monoisotopic (exact) mass is 251 g/mol. The van der Waals surface area contributed by atoms with Gasteiger partial charge in [-0.1, -0.05) is 37.1 Å². The van der Waals surface area contributed by atoms with Gasteiger partial charge in [-0.25, -0.2) is 0 Å². The molecule has 0 atom stereocenters. The molecule has 0 amide bonds. The van der Waals surface area contributed by atoms with Crippen LogP contribution in [0, 0.1) is 6.92 Å². The second-order valence-electron chi connectivity index (χ2n) is 4.49. The van der Waals surface area contributed by atoms with Gasteiger partial charge >= 0.3 is 0 Å². The van der Waals surface area contributed by atoms with E-state index < -0.39 is 0 Å². The number of benzene rings is 1. The Morgan fingerprint density at radius 3 is 2.47 bits per heavy atom. The lowest BCUT2D eigenvalue weighted by Gasteiger charge is -2.36. The molecule has 1 aliphatic heterocycles. The van der Waals surface area contributed by atoms with Crippen molar-refractivity contribution in [3.8, 4) is 0 Å². The average molecular weight is 252 g/mol. The molecule has 1 fully saturated rings. The van der Waals surface area contributed by atoms with E-state index in [1.807, 2.05) is 12.1 Å². The van der Waals surface area contributed by atoms with E-state index in [1.165, 1.54) is 18.7 Å². The summed E-state index contributed by atoms with van der Waals surface area (Å²) in [4.78, 5) is 4.89. The van der Waals surface area contributed by atoms with Crippen molar-refractivity contribution >= 4 is 17.3 Å². The first-order valence-electron chi connectivity index (χ1n) is 6.32. The maximum absolute atomic E-state index is 6.21. The number of anilines is 1. The Labute approximate surface area is 109 Å². The summed E-state index contributed by atoms with van der Waals surface area (Å²) in [5, 5.41) is 0.860. The molecule has 3 heteroatoms. The molecular formula is C14H20ClN2. The first-order valence-corrected chi connectivity index (χ1v) is 6.70.